The first-order valence-electron chi connectivity index (χ1n) is 6.38. The van der Waals surface area contributed by atoms with Gasteiger partial charge in [-0.2, -0.15) is 0 Å². The first kappa shape index (κ1) is 16.5. The van der Waals surface area contributed by atoms with Crippen LogP contribution in [0.5, 0.6) is 0 Å². The molecule has 0 aliphatic rings. The van der Waals surface area contributed by atoms with Crippen molar-refractivity contribution in [1.29, 1.82) is 0 Å². The second-order valence-corrected chi connectivity index (χ2v) is 5.56. The first-order chi connectivity index (χ1) is 9.51. The van der Waals surface area contributed by atoms with Gasteiger partial charge in [-0.05, 0) is 31.0 Å². The van der Waals surface area contributed by atoms with E-state index in [-0.39, 0.29) is 5.91 Å². The highest BCUT2D eigenvalue weighted by atomic mass is 32.2. The van der Waals surface area contributed by atoms with Crippen molar-refractivity contribution in [2.24, 2.45) is 0 Å². The van der Waals surface area contributed by atoms with E-state index in [9.17, 15) is 9.59 Å². The van der Waals surface area contributed by atoms with Gasteiger partial charge in [0, 0.05) is 18.1 Å². The fourth-order valence-corrected chi connectivity index (χ4v) is 2.38. The lowest BCUT2D eigenvalue weighted by Gasteiger charge is -2.26. The fraction of sp³-hybridized carbons (Fsp3) is 0.500. The maximum Gasteiger partial charge on any atom is 0.331 e. The van der Waals surface area contributed by atoms with Gasteiger partial charge in [-0.1, -0.05) is 6.92 Å². The average Bonchev–Trinajstić information content (AvgIpc) is 2.47. The van der Waals surface area contributed by atoms with Gasteiger partial charge in [-0.25, -0.2) is 4.79 Å². The van der Waals surface area contributed by atoms with Crippen LogP contribution in [0.15, 0.2) is 24.5 Å². The molecule has 1 N–H and O–H groups in total. The molecular weight excluding hydrogens is 276 g/mol. The molecule has 0 fully saturated rings. The zero-order chi connectivity index (χ0) is 15.0. The Morgan fingerprint density at radius 1 is 1.40 bits per heavy atom. The number of methoxy groups -OCH3 is 1. The lowest BCUT2D eigenvalue weighted by Crippen LogP contribution is -2.52. The standard InChI is InChI=1S/C14H20N2O3S/c1-4-14(2,13(18)19-3)16-12(17)10-20-9-11-5-7-15-8-6-11/h5-8H,4,9-10H2,1-3H3,(H,16,17)/t14-/m0/s1. The Morgan fingerprint density at radius 2 is 2.05 bits per heavy atom. The Morgan fingerprint density at radius 3 is 2.60 bits per heavy atom. The molecular formula is C14H20N2O3S. The summed E-state index contributed by atoms with van der Waals surface area (Å²) in [6.07, 6.45) is 3.93. The molecule has 1 aromatic heterocycles. The smallest absolute Gasteiger partial charge is 0.331 e. The topological polar surface area (TPSA) is 68.3 Å². The molecule has 0 unspecified atom stereocenters. The second kappa shape index (κ2) is 7.89. The number of pyridine rings is 1. The van der Waals surface area contributed by atoms with Gasteiger partial charge in [0.15, 0.2) is 0 Å². The third kappa shape index (κ3) is 4.85. The van der Waals surface area contributed by atoms with Crippen LogP contribution < -0.4 is 5.32 Å². The van der Waals surface area contributed by atoms with Gasteiger partial charge in [0.25, 0.3) is 0 Å². The van der Waals surface area contributed by atoms with Crippen molar-refractivity contribution < 1.29 is 14.3 Å². The van der Waals surface area contributed by atoms with Crippen LogP contribution in [0.25, 0.3) is 0 Å². The zero-order valence-electron chi connectivity index (χ0n) is 12.0. The summed E-state index contributed by atoms with van der Waals surface area (Å²) in [4.78, 5) is 27.5. The van der Waals surface area contributed by atoms with Crippen molar-refractivity contribution in [3.63, 3.8) is 0 Å². The highest BCUT2D eigenvalue weighted by molar-refractivity contribution is 7.99. The molecule has 0 radical (unpaired) electrons. The molecule has 1 rings (SSSR count). The van der Waals surface area contributed by atoms with Gasteiger partial charge >= 0.3 is 5.97 Å². The Labute approximate surface area is 123 Å². The summed E-state index contributed by atoms with van der Waals surface area (Å²) < 4.78 is 4.71. The second-order valence-electron chi connectivity index (χ2n) is 4.57. The highest BCUT2D eigenvalue weighted by Crippen LogP contribution is 2.14. The van der Waals surface area contributed by atoms with Crippen LogP contribution in [0.1, 0.15) is 25.8 Å². The van der Waals surface area contributed by atoms with Crippen molar-refractivity contribution in [1.82, 2.24) is 10.3 Å². The number of esters is 1. The number of amides is 1. The minimum absolute atomic E-state index is 0.168. The molecule has 6 heteroatoms. The van der Waals surface area contributed by atoms with Crippen molar-refractivity contribution in [3.05, 3.63) is 30.1 Å². The van der Waals surface area contributed by atoms with E-state index in [0.717, 1.165) is 11.3 Å². The fourth-order valence-electron chi connectivity index (χ4n) is 1.59. The van der Waals surface area contributed by atoms with Gasteiger partial charge in [-0.15, -0.1) is 11.8 Å². The molecule has 0 spiro atoms. The SMILES string of the molecule is CC[C@](C)(NC(=O)CSCc1ccncc1)C(=O)OC. The molecule has 20 heavy (non-hydrogen) atoms. The van der Waals surface area contributed by atoms with Crippen LogP contribution >= 0.6 is 11.8 Å². The maximum absolute atomic E-state index is 11.9. The van der Waals surface area contributed by atoms with E-state index in [0.29, 0.717) is 12.2 Å². The number of nitrogens with one attached hydrogen (secondary N) is 1. The molecule has 110 valence electrons. The quantitative estimate of drug-likeness (QED) is 0.777. The molecule has 0 aromatic carbocycles. The van der Waals surface area contributed by atoms with Crippen LogP contribution in [0.2, 0.25) is 0 Å². The molecule has 5 nitrogen and oxygen atoms in total. The van der Waals surface area contributed by atoms with E-state index >= 15 is 0 Å². The van der Waals surface area contributed by atoms with Crippen LogP contribution in [-0.4, -0.2) is 35.3 Å². The third-order valence-electron chi connectivity index (χ3n) is 3.01. The zero-order valence-corrected chi connectivity index (χ0v) is 12.8. The molecule has 0 aliphatic heterocycles. The number of rotatable bonds is 7. The predicted octanol–water partition coefficient (Wildman–Crippen LogP) is 1.77. The van der Waals surface area contributed by atoms with E-state index in [1.165, 1.54) is 18.9 Å². The van der Waals surface area contributed by atoms with Gasteiger partial charge in [0.05, 0.1) is 12.9 Å². The normalized spacial score (nSPS) is 13.3. The molecule has 1 heterocycles. The largest absolute Gasteiger partial charge is 0.467 e. The van der Waals surface area contributed by atoms with Gasteiger partial charge in [0.1, 0.15) is 5.54 Å². The average molecular weight is 296 g/mol. The van der Waals surface area contributed by atoms with E-state index in [1.54, 1.807) is 19.3 Å². The molecule has 0 bridgehead atoms. The van der Waals surface area contributed by atoms with E-state index in [4.69, 9.17) is 4.74 Å². The number of aromatic nitrogens is 1. The van der Waals surface area contributed by atoms with Crippen molar-refractivity contribution in [2.75, 3.05) is 12.9 Å². The molecule has 0 saturated carbocycles. The predicted molar refractivity (Wildman–Crippen MR) is 79.3 cm³/mol. The Hall–Kier alpha value is -1.56. The summed E-state index contributed by atoms with van der Waals surface area (Å²) in [6, 6.07) is 3.82. The third-order valence-corrected chi connectivity index (χ3v) is 4.01. The number of hydrogen-bond acceptors (Lipinski definition) is 5. The number of nitrogens with zero attached hydrogens (tertiary/aromatic N) is 1. The number of ether oxygens (including phenoxy) is 1. The van der Waals surface area contributed by atoms with Crippen molar-refractivity contribution in [3.8, 4) is 0 Å². The minimum Gasteiger partial charge on any atom is -0.467 e. The number of hydrogen-bond donors (Lipinski definition) is 1. The minimum atomic E-state index is -0.955. The summed E-state index contributed by atoms with van der Waals surface area (Å²) >= 11 is 1.49. The Balaban J connectivity index is 2.41. The molecule has 1 amide bonds. The van der Waals surface area contributed by atoms with E-state index in [1.807, 2.05) is 19.1 Å². The van der Waals surface area contributed by atoms with Gasteiger partial charge in [0.2, 0.25) is 5.91 Å². The van der Waals surface area contributed by atoms with Crippen LogP contribution in [-0.2, 0) is 20.1 Å². The first-order valence-corrected chi connectivity index (χ1v) is 7.53. The number of thioether (sulfide) groups is 1. The van der Waals surface area contributed by atoms with Crippen LogP contribution in [0.3, 0.4) is 0 Å². The Kier molecular flexibility index (Phi) is 6.51. The summed E-state index contributed by atoms with van der Waals surface area (Å²) in [5.74, 6) is 0.442. The summed E-state index contributed by atoms with van der Waals surface area (Å²) in [5, 5.41) is 2.73. The van der Waals surface area contributed by atoms with E-state index in [2.05, 4.69) is 10.3 Å². The van der Waals surface area contributed by atoms with E-state index < -0.39 is 11.5 Å². The van der Waals surface area contributed by atoms with Crippen LogP contribution in [0, 0.1) is 0 Å². The van der Waals surface area contributed by atoms with Crippen LogP contribution in [0.4, 0.5) is 0 Å². The molecule has 0 aliphatic carbocycles. The summed E-state index contributed by atoms with van der Waals surface area (Å²) in [7, 11) is 1.32. The lowest BCUT2D eigenvalue weighted by atomic mass is 9.99. The molecule has 1 atom stereocenters. The van der Waals surface area contributed by atoms with Crippen molar-refractivity contribution in [2.45, 2.75) is 31.6 Å². The monoisotopic (exact) mass is 296 g/mol. The molecule has 0 saturated heterocycles. The summed E-state index contributed by atoms with van der Waals surface area (Å²) in [5.41, 5.74) is 0.160. The lowest BCUT2D eigenvalue weighted by molar-refractivity contribution is -0.150. The molecule has 1 aromatic rings. The van der Waals surface area contributed by atoms with Crippen molar-refractivity contribution >= 4 is 23.6 Å². The van der Waals surface area contributed by atoms with Gasteiger partial charge in [-0.3, -0.25) is 9.78 Å². The number of carbonyl (C=O) groups is 2. The Bertz CT molecular complexity index is 453. The van der Waals surface area contributed by atoms with Gasteiger partial charge < -0.3 is 10.1 Å². The highest BCUT2D eigenvalue weighted by Gasteiger charge is 2.33. The number of carbonyl (C=O) groups excluding carboxylic acids is 2. The summed E-state index contributed by atoms with van der Waals surface area (Å²) in [6.45, 7) is 3.51. The maximum atomic E-state index is 11.9.